The Bertz CT molecular complexity index is 204. The van der Waals surface area contributed by atoms with Crippen LogP contribution in [0.1, 0.15) is 6.92 Å². The Morgan fingerprint density at radius 2 is 1.83 bits per heavy atom. The first-order chi connectivity index (χ1) is 5.49. The minimum absolute atomic E-state index is 0.213. The van der Waals surface area contributed by atoms with Crippen molar-refractivity contribution in [2.45, 2.75) is 13.1 Å². The van der Waals surface area contributed by atoms with E-state index in [9.17, 15) is 22.0 Å². The van der Waals surface area contributed by atoms with Crippen LogP contribution in [-0.4, -0.2) is 12.8 Å². The third kappa shape index (κ3) is 3.50. The van der Waals surface area contributed by atoms with E-state index in [-0.39, 0.29) is 6.08 Å². The topological polar surface area (TPSA) is 0 Å². The van der Waals surface area contributed by atoms with Gasteiger partial charge in [0.1, 0.15) is 12.8 Å². The molecule has 1 unspecified atom stereocenters. The third-order valence-electron chi connectivity index (χ3n) is 0.941. The van der Waals surface area contributed by atoms with Gasteiger partial charge in [0.2, 0.25) is 0 Å². The molecular weight excluding hydrogens is 179 g/mol. The maximum atomic E-state index is 12.3. The van der Waals surface area contributed by atoms with Crippen LogP contribution in [0.5, 0.6) is 0 Å². The summed E-state index contributed by atoms with van der Waals surface area (Å²) in [6.07, 6.45) is -1.53. The summed E-state index contributed by atoms with van der Waals surface area (Å²) in [5.41, 5.74) is 0. The molecule has 5 heteroatoms. The second kappa shape index (κ2) is 4.90. The van der Waals surface area contributed by atoms with Gasteiger partial charge >= 0.3 is 0 Å². The number of hydrogen-bond donors (Lipinski definition) is 0. The van der Waals surface area contributed by atoms with Crippen molar-refractivity contribution in [1.29, 1.82) is 0 Å². The van der Waals surface area contributed by atoms with Crippen LogP contribution < -0.4 is 0 Å². The number of halogens is 5. The highest BCUT2D eigenvalue weighted by atomic mass is 19.2. The average Bonchev–Trinajstić information content (AvgIpc) is 2.00. The summed E-state index contributed by atoms with van der Waals surface area (Å²) < 4.78 is 59.8. The molecule has 70 valence electrons. The summed E-state index contributed by atoms with van der Waals surface area (Å²) in [6, 6.07) is 0. The van der Waals surface area contributed by atoms with Gasteiger partial charge in [-0.1, -0.05) is 0 Å². The molecule has 0 fully saturated rings. The van der Waals surface area contributed by atoms with Crippen molar-refractivity contribution in [2.24, 2.45) is 0 Å². The van der Waals surface area contributed by atoms with Gasteiger partial charge < -0.3 is 0 Å². The zero-order valence-corrected chi connectivity index (χ0v) is 6.25. The van der Waals surface area contributed by atoms with E-state index < -0.39 is 30.3 Å². The fourth-order valence-corrected chi connectivity index (χ4v) is 0.463. The standard InChI is InChI=1S/C7H7F5/c1-4(9)2-5(10)7(12)6(11)3-8/h2,4H,3H2,1H3/b5-2+,7-6-. The van der Waals surface area contributed by atoms with Gasteiger partial charge in [-0.25, -0.2) is 22.0 Å². The van der Waals surface area contributed by atoms with Gasteiger partial charge in [0, 0.05) is 0 Å². The predicted octanol–water partition coefficient (Wildman–Crippen LogP) is 3.32. The lowest BCUT2D eigenvalue weighted by Gasteiger charge is -1.95. The fourth-order valence-electron chi connectivity index (χ4n) is 0.463. The van der Waals surface area contributed by atoms with Crippen LogP contribution in [0.25, 0.3) is 0 Å². The number of hydrogen-bond acceptors (Lipinski definition) is 0. The van der Waals surface area contributed by atoms with E-state index in [0.717, 1.165) is 6.92 Å². The van der Waals surface area contributed by atoms with Crippen molar-refractivity contribution in [1.82, 2.24) is 0 Å². The van der Waals surface area contributed by atoms with Crippen LogP contribution >= 0.6 is 0 Å². The van der Waals surface area contributed by atoms with E-state index in [2.05, 4.69) is 0 Å². The molecule has 12 heavy (non-hydrogen) atoms. The molecule has 0 saturated carbocycles. The normalized spacial score (nSPS) is 17.3. The fraction of sp³-hybridized carbons (Fsp3) is 0.429. The van der Waals surface area contributed by atoms with Crippen molar-refractivity contribution in [3.8, 4) is 0 Å². The molecule has 0 aliphatic carbocycles. The van der Waals surface area contributed by atoms with Gasteiger partial charge in [-0.2, -0.15) is 0 Å². The second-order valence-corrected chi connectivity index (χ2v) is 2.04. The average molecular weight is 186 g/mol. The van der Waals surface area contributed by atoms with Crippen molar-refractivity contribution < 1.29 is 22.0 Å². The second-order valence-electron chi connectivity index (χ2n) is 2.04. The molecule has 0 radical (unpaired) electrons. The van der Waals surface area contributed by atoms with Crippen LogP contribution in [-0.2, 0) is 0 Å². The predicted molar refractivity (Wildman–Crippen MR) is 35.0 cm³/mol. The highest BCUT2D eigenvalue weighted by Crippen LogP contribution is 2.20. The zero-order chi connectivity index (χ0) is 9.72. The first-order valence-electron chi connectivity index (χ1n) is 3.11. The van der Waals surface area contributed by atoms with Crippen LogP contribution in [0.3, 0.4) is 0 Å². The molecule has 0 aliphatic rings. The van der Waals surface area contributed by atoms with E-state index >= 15 is 0 Å². The quantitative estimate of drug-likeness (QED) is 0.468. The van der Waals surface area contributed by atoms with Crippen LogP contribution in [0.2, 0.25) is 0 Å². The summed E-state index contributed by atoms with van der Waals surface area (Å²) in [5, 5.41) is 0. The Kier molecular flexibility index (Phi) is 4.54. The Balaban J connectivity index is 4.59. The maximum absolute atomic E-state index is 12.3. The van der Waals surface area contributed by atoms with Crippen molar-refractivity contribution in [3.05, 3.63) is 23.6 Å². The molecule has 0 aromatic carbocycles. The van der Waals surface area contributed by atoms with Crippen molar-refractivity contribution in [2.75, 3.05) is 6.67 Å². The molecule has 0 aromatic rings. The van der Waals surface area contributed by atoms with E-state index in [1.807, 2.05) is 0 Å². The highest BCUT2D eigenvalue weighted by Gasteiger charge is 2.12. The summed E-state index contributed by atoms with van der Waals surface area (Å²) >= 11 is 0. The minimum atomic E-state index is -1.98. The lowest BCUT2D eigenvalue weighted by Crippen LogP contribution is -1.90. The smallest absolute Gasteiger partial charge is 0.192 e. The number of alkyl halides is 2. The summed E-state index contributed by atoms with van der Waals surface area (Å²) in [6.45, 7) is -0.812. The zero-order valence-electron chi connectivity index (χ0n) is 6.25. The molecule has 1 atom stereocenters. The molecule has 0 amide bonds. The third-order valence-corrected chi connectivity index (χ3v) is 0.941. The van der Waals surface area contributed by atoms with E-state index in [1.165, 1.54) is 0 Å². The Hall–Kier alpha value is -0.870. The lowest BCUT2D eigenvalue weighted by atomic mass is 10.3. The van der Waals surface area contributed by atoms with Gasteiger partial charge in [-0.05, 0) is 13.0 Å². The van der Waals surface area contributed by atoms with Crippen LogP contribution in [0.4, 0.5) is 22.0 Å². The van der Waals surface area contributed by atoms with Gasteiger partial charge in [0.15, 0.2) is 17.5 Å². The highest BCUT2D eigenvalue weighted by molar-refractivity contribution is 5.22. The first kappa shape index (κ1) is 11.1. The molecule has 0 rings (SSSR count). The Morgan fingerprint density at radius 1 is 1.33 bits per heavy atom. The van der Waals surface area contributed by atoms with Gasteiger partial charge in [0.25, 0.3) is 0 Å². The van der Waals surface area contributed by atoms with Crippen molar-refractivity contribution >= 4 is 0 Å². The van der Waals surface area contributed by atoms with Crippen molar-refractivity contribution in [3.63, 3.8) is 0 Å². The molecule has 0 spiro atoms. The molecular formula is C7H7F5. The molecule has 0 bridgehead atoms. The van der Waals surface area contributed by atoms with Crippen LogP contribution in [0, 0.1) is 0 Å². The minimum Gasteiger partial charge on any atom is -0.243 e. The van der Waals surface area contributed by atoms with E-state index in [4.69, 9.17) is 0 Å². The maximum Gasteiger partial charge on any atom is 0.192 e. The van der Waals surface area contributed by atoms with E-state index in [0.29, 0.717) is 0 Å². The molecule has 0 aromatic heterocycles. The Morgan fingerprint density at radius 3 is 2.17 bits per heavy atom. The molecule has 0 aliphatic heterocycles. The Labute approximate surface area is 66.4 Å². The lowest BCUT2D eigenvalue weighted by molar-refractivity contribution is 0.402. The van der Waals surface area contributed by atoms with Gasteiger partial charge in [-0.3, -0.25) is 0 Å². The monoisotopic (exact) mass is 186 g/mol. The number of rotatable bonds is 3. The van der Waals surface area contributed by atoms with E-state index in [1.54, 1.807) is 0 Å². The molecule has 0 heterocycles. The summed E-state index contributed by atoms with van der Waals surface area (Å²) in [7, 11) is 0. The summed E-state index contributed by atoms with van der Waals surface area (Å²) in [5.74, 6) is -5.58. The van der Waals surface area contributed by atoms with Gasteiger partial charge in [-0.15, -0.1) is 0 Å². The largest absolute Gasteiger partial charge is 0.243 e. The SMILES string of the molecule is CC(F)/C=C(F)\C(F)=C(\F)CF. The molecule has 0 N–H and O–H groups in total. The number of allylic oxidation sites excluding steroid dienone is 4. The first-order valence-corrected chi connectivity index (χ1v) is 3.11. The molecule has 0 saturated heterocycles. The summed E-state index contributed by atoms with van der Waals surface area (Å²) in [4.78, 5) is 0. The van der Waals surface area contributed by atoms with Crippen LogP contribution in [0.15, 0.2) is 23.6 Å². The molecule has 0 nitrogen and oxygen atoms in total. The van der Waals surface area contributed by atoms with Gasteiger partial charge in [0.05, 0.1) is 0 Å².